The number of thiocarbonyl (C=S) groups is 1. The van der Waals surface area contributed by atoms with Crippen LogP contribution < -0.4 is 15.4 Å². The number of benzene rings is 2. The summed E-state index contributed by atoms with van der Waals surface area (Å²) in [6.45, 7) is 4.63. The molecule has 0 radical (unpaired) electrons. The summed E-state index contributed by atoms with van der Waals surface area (Å²) in [7, 11) is 0. The maximum Gasteiger partial charge on any atom is 0.171 e. The molecule has 0 bridgehead atoms. The number of hydrogen-bond acceptors (Lipinski definition) is 2. The Bertz CT molecular complexity index is 631. The van der Waals surface area contributed by atoms with E-state index < -0.39 is 0 Å². The number of aryl methyl sites for hydroxylation is 1. The summed E-state index contributed by atoms with van der Waals surface area (Å²) in [4.78, 5) is 0. The highest BCUT2D eigenvalue weighted by molar-refractivity contribution is 9.10. The van der Waals surface area contributed by atoms with Crippen molar-refractivity contribution < 1.29 is 4.74 Å². The van der Waals surface area contributed by atoms with Gasteiger partial charge in [-0.3, -0.25) is 0 Å². The van der Waals surface area contributed by atoms with Crippen molar-refractivity contribution in [3.63, 3.8) is 0 Å². The molecule has 22 heavy (non-hydrogen) atoms. The Balaban J connectivity index is 1.77. The van der Waals surface area contributed by atoms with Crippen LogP contribution in [0.4, 0.5) is 5.69 Å². The summed E-state index contributed by atoms with van der Waals surface area (Å²) in [5.41, 5.74) is 2.16. The molecule has 0 heterocycles. The van der Waals surface area contributed by atoms with Gasteiger partial charge >= 0.3 is 0 Å². The predicted molar refractivity (Wildman–Crippen MR) is 99.6 cm³/mol. The third kappa shape index (κ3) is 5.66. The normalized spacial score (nSPS) is 11.6. The molecule has 2 aromatic carbocycles. The van der Waals surface area contributed by atoms with Crippen molar-refractivity contribution in [2.24, 2.45) is 0 Å². The van der Waals surface area contributed by atoms with Gasteiger partial charge in [-0.05, 0) is 56.4 Å². The lowest BCUT2D eigenvalue weighted by atomic mass is 10.2. The minimum absolute atomic E-state index is 0.105. The van der Waals surface area contributed by atoms with Crippen LogP contribution in [0.3, 0.4) is 0 Å². The number of halogens is 1. The Kier molecular flexibility index (Phi) is 6.21. The van der Waals surface area contributed by atoms with E-state index in [1.165, 1.54) is 5.56 Å². The average Bonchev–Trinajstić information content (AvgIpc) is 2.46. The Hall–Kier alpha value is -1.59. The molecule has 2 rings (SSSR count). The fourth-order valence-corrected chi connectivity index (χ4v) is 2.57. The van der Waals surface area contributed by atoms with Gasteiger partial charge in [0.25, 0.3) is 0 Å². The number of anilines is 1. The molecule has 116 valence electrons. The zero-order valence-electron chi connectivity index (χ0n) is 12.6. The summed E-state index contributed by atoms with van der Waals surface area (Å²) in [5.74, 6) is 0.866. The third-order valence-electron chi connectivity index (χ3n) is 2.98. The lowest BCUT2D eigenvalue weighted by Gasteiger charge is -2.18. The monoisotopic (exact) mass is 378 g/mol. The lowest BCUT2D eigenvalue weighted by molar-refractivity contribution is 0.287. The fourth-order valence-electron chi connectivity index (χ4n) is 1.85. The maximum absolute atomic E-state index is 5.74. The van der Waals surface area contributed by atoms with Crippen LogP contribution in [0, 0.1) is 6.92 Å². The van der Waals surface area contributed by atoms with Crippen molar-refractivity contribution in [3.05, 3.63) is 58.6 Å². The first-order valence-electron chi connectivity index (χ1n) is 7.05. The van der Waals surface area contributed by atoms with E-state index >= 15 is 0 Å². The molecule has 0 saturated heterocycles. The second kappa shape index (κ2) is 8.15. The van der Waals surface area contributed by atoms with Crippen LogP contribution in [-0.2, 0) is 0 Å². The predicted octanol–water partition coefficient (Wildman–Crippen LogP) is 4.51. The third-order valence-corrected chi connectivity index (χ3v) is 3.69. The van der Waals surface area contributed by atoms with Crippen LogP contribution in [-0.4, -0.2) is 17.8 Å². The molecule has 2 N–H and O–H groups in total. The van der Waals surface area contributed by atoms with Crippen molar-refractivity contribution >= 4 is 38.9 Å². The number of ether oxygens (including phenoxy) is 1. The number of rotatable bonds is 5. The second-order valence-corrected chi connectivity index (χ2v) is 6.46. The van der Waals surface area contributed by atoms with Crippen LogP contribution >= 0.6 is 28.1 Å². The second-order valence-electron chi connectivity index (χ2n) is 5.13. The summed E-state index contributed by atoms with van der Waals surface area (Å²) in [6.07, 6.45) is 0. The van der Waals surface area contributed by atoms with Crippen LogP contribution in [0.15, 0.2) is 53.0 Å². The summed E-state index contributed by atoms with van der Waals surface area (Å²) < 4.78 is 6.75. The van der Waals surface area contributed by atoms with E-state index in [-0.39, 0.29) is 6.04 Å². The van der Waals surface area contributed by atoms with Gasteiger partial charge in [-0.2, -0.15) is 0 Å². The molecule has 0 unspecified atom stereocenters. The summed E-state index contributed by atoms with van der Waals surface area (Å²) in [5, 5.41) is 6.95. The van der Waals surface area contributed by atoms with Gasteiger partial charge in [0.1, 0.15) is 12.4 Å². The zero-order valence-corrected chi connectivity index (χ0v) is 15.0. The van der Waals surface area contributed by atoms with Crippen LogP contribution in [0.2, 0.25) is 0 Å². The fraction of sp³-hybridized carbons (Fsp3) is 0.235. The molecule has 5 heteroatoms. The van der Waals surface area contributed by atoms with E-state index in [2.05, 4.69) is 33.5 Å². The molecule has 0 aliphatic heterocycles. The lowest BCUT2D eigenvalue weighted by Crippen LogP contribution is -2.39. The van der Waals surface area contributed by atoms with Gasteiger partial charge in [0.15, 0.2) is 5.11 Å². The number of hydrogen-bond donors (Lipinski definition) is 2. The van der Waals surface area contributed by atoms with E-state index in [1.807, 2.05) is 55.5 Å². The maximum atomic E-state index is 5.74. The molecule has 0 spiro atoms. The molecule has 0 fully saturated rings. The molecular weight excluding hydrogens is 360 g/mol. The molecule has 0 aliphatic carbocycles. The Morgan fingerprint density at radius 2 is 1.95 bits per heavy atom. The van der Waals surface area contributed by atoms with Crippen molar-refractivity contribution in [2.75, 3.05) is 11.9 Å². The van der Waals surface area contributed by atoms with Crippen LogP contribution in [0.5, 0.6) is 5.75 Å². The highest BCUT2D eigenvalue weighted by atomic mass is 79.9. The van der Waals surface area contributed by atoms with Gasteiger partial charge < -0.3 is 15.4 Å². The van der Waals surface area contributed by atoms with Gasteiger partial charge in [0, 0.05) is 10.2 Å². The van der Waals surface area contributed by atoms with Gasteiger partial charge in [0.05, 0.1) is 6.04 Å². The first kappa shape index (κ1) is 16.8. The van der Waals surface area contributed by atoms with Crippen molar-refractivity contribution in [1.82, 2.24) is 5.32 Å². The Morgan fingerprint density at radius 3 is 2.64 bits per heavy atom. The minimum atomic E-state index is 0.105. The van der Waals surface area contributed by atoms with Gasteiger partial charge in [0.2, 0.25) is 0 Å². The molecule has 0 amide bonds. The summed E-state index contributed by atoms with van der Waals surface area (Å²) >= 11 is 8.75. The van der Waals surface area contributed by atoms with E-state index in [9.17, 15) is 0 Å². The summed E-state index contributed by atoms with van der Waals surface area (Å²) in [6, 6.07) is 16.0. The molecule has 0 saturated carbocycles. The van der Waals surface area contributed by atoms with E-state index in [4.69, 9.17) is 17.0 Å². The van der Waals surface area contributed by atoms with Crippen LogP contribution in [0.1, 0.15) is 12.5 Å². The Labute approximate surface area is 145 Å². The van der Waals surface area contributed by atoms with Gasteiger partial charge in [-0.1, -0.05) is 39.7 Å². The molecule has 1 atom stereocenters. The van der Waals surface area contributed by atoms with Crippen molar-refractivity contribution in [1.29, 1.82) is 0 Å². The first-order valence-corrected chi connectivity index (χ1v) is 8.25. The Morgan fingerprint density at radius 1 is 1.23 bits per heavy atom. The van der Waals surface area contributed by atoms with E-state index in [0.29, 0.717) is 11.7 Å². The largest absolute Gasteiger partial charge is 0.491 e. The van der Waals surface area contributed by atoms with E-state index in [0.717, 1.165) is 15.9 Å². The van der Waals surface area contributed by atoms with E-state index in [1.54, 1.807) is 0 Å². The van der Waals surface area contributed by atoms with Gasteiger partial charge in [-0.25, -0.2) is 0 Å². The number of nitrogens with one attached hydrogen (secondary N) is 2. The van der Waals surface area contributed by atoms with Crippen molar-refractivity contribution in [2.45, 2.75) is 19.9 Å². The smallest absolute Gasteiger partial charge is 0.171 e. The topological polar surface area (TPSA) is 33.3 Å². The van der Waals surface area contributed by atoms with Gasteiger partial charge in [-0.15, -0.1) is 0 Å². The SMILES string of the molecule is Cc1ccc(OC[C@@H](C)NC(=S)Nc2cccc(Br)c2)cc1. The highest BCUT2D eigenvalue weighted by Gasteiger charge is 2.06. The first-order chi connectivity index (χ1) is 10.5. The molecule has 0 aromatic heterocycles. The molecule has 0 aliphatic rings. The zero-order chi connectivity index (χ0) is 15.9. The average molecular weight is 379 g/mol. The minimum Gasteiger partial charge on any atom is -0.491 e. The molecule has 2 aromatic rings. The standard InChI is InChI=1S/C17H19BrN2OS/c1-12-6-8-16(9-7-12)21-11-13(2)19-17(22)20-15-5-3-4-14(18)10-15/h3-10,13H,11H2,1-2H3,(H2,19,20,22)/t13-/m1/s1. The highest BCUT2D eigenvalue weighted by Crippen LogP contribution is 2.15. The van der Waals surface area contributed by atoms with Crippen molar-refractivity contribution in [3.8, 4) is 5.75 Å². The van der Waals surface area contributed by atoms with Crippen LogP contribution in [0.25, 0.3) is 0 Å². The molecular formula is C17H19BrN2OS. The molecule has 3 nitrogen and oxygen atoms in total. The quantitative estimate of drug-likeness (QED) is 0.749.